The molecule has 0 bridgehead atoms. The van der Waals surface area contributed by atoms with Crippen LogP contribution < -0.4 is 0 Å². The van der Waals surface area contributed by atoms with Gasteiger partial charge in [0.1, 0.15) is 0 Å². The smallest absolute Gasteiger partial charge is 0.324 e. The van der Waals surface area contributed by atoms with Gasteiger partial charge in [-0.2, -0.15) is 0 Å². The zero-order valence-corrected chi connectivity index (χ0v) is 13.2. The molecule has 0 saturated heterocycles. The second-order valence-electron chi connectivity index (χ2n) is 4.92. The summed E-state index contributed by atoms with van der Waals surface area (Å²) in [5.41, 5.74) is 1.06. The molecule has 1 aromatic carbocycles. The number of benzene rings is 1. The van der Waals surface area contributed by atoms with Crippen molar-refractivity contribution in [1.82, 2.24) is 0 Å². The molecule has 1 unspecified atom stereocenters. The van der Waals surface area contributed by atoms with E-state index in [0.717, 1.165) is 5.56 Å². The normalized spacial score (nSPS) is 13.2. The molecule has 5 heteroatoms. The van der Waals surface area contributed by atoms with Crippen LogP contribution in [0.5, 0.6) is 0 Å². The van der Waals surface area contributed by atoms with E-state index in [2.05, 4.69) is 0 Å². The van der Waals surface area contributed by atoms with Crippen LogP contribution in [0.1, 0.15) is 45.6 Å². The van der Waals surface area contributed by atoms with Crippen molar-refractivity contribution in [2.45, 2.75) is 50.2 Å². The molecular weight excluding hydrogens is 276 g/mol. The lowest BCUT2D eigenvalue weighted by Crippen LogP contribution is -2.31. The molecule has 1 aromatic rings. The molecule has 0 saturated carbocycles. The molecule has 0 N–H and O–H groups in total. The molecule has 20 heavy (non-hydrogen) atoms. The van der Waals surface area contributed by atoms with Crippen LogP contribution in [0.3, 0.4) is 0 Å². The second kappa shape index (κ2) is 6.88. The number of ether oxygens (including phenoxy) is 1. The SMILES string of the molecule is CCOC(=O)C(CC)S(=O)(=O)c1ccc(C(C)C)cc1. The summed E-state index contributed by atoms with van der Waals surface area (Å²) in [7, 11) is -3.69. The van der Waals surface area contributed by atoms with Crippen LogP contribution in [0.15, 0.2) is 29.2 Å². The summed E-state index contributed by atoms with van der Waals surface area (Å²) in [5, 5.41) is -1.13. The van der Waals surface area contributed by atoms with E-state index in [1.807, 2.05) is 13.8 Å². The van der Waals surface area contributed by atoms with Crippen LogP contribution in [0.4, 0.5) is 0 Å². The van der Waals surface area contributed by atoms with Crippen LogP contribution >= 0.6 is 0 Å². The molecule has 0 heterocycles. The molecule has 1 atom stereocenters. The van der Waals surface area contributed by atoms with Gasteiger partial charge < -0.3 is 4.74 Å². The monoisotopic (exact) mass is 298 g/mol. The molecule has 0 aliphatic rings. The van der Waals surface area contributed by atoms with Gasteiger partial charge in [0.15, 0.2) is 15.1 Å². The fourth-order valence-corrected chi connectivity index (χ4v) is 3.56. The van der Waals surface area contributed by atoms with E-state index in [1.54, 1.807) is 38.1 Å². The molecule has 0 amide bonds. The molecule has 112 valence electrons. The van der Waals surface area contributed by atoms with Gasteiger partial charge in [-0.15, -0.1) is 0 Å². The average molecular weight is 298 g/mol. The lowest BCUT2D eigenvalue weighted by atomic mass is 10.0. The quantitative estimate of drug-likeness (QED) is 0.758. The maximum atomic E-state index is 12.5. The van der Waals surface area contributed by atoms with Gasteiger partial charge in [-0.05, 0) is 37.0 Å². The second-order valence-corrected chi connectivity index (χ2v) is 7.05. The Kier molecular flexibility index (Phi) is 5.74. The number of carbonyl (C=O) groups is 1. The van der Waals surface area contributed by atoms with Crippen LogP contribution in [0.2, 0.25) is 0 Å². The molecule has 0 aliphatic carbocycles. The van der Waals surface area contributed by atoms with Gasteiger partial charge in [0.2, 0.25) is 0 Å². The molecule has 1 rings (SSSR count). The van der Waals surface area contributed by atoms with Crippen molar-refractivity contribution >= 4 is 15.8 Å². The minimum atomic E-state index is -3.69. The number of hydrogen-bond acceptors (Lipinski definition) is 4. The highest BCUT2D eigenvalue weighted by atomic mass is 32.2. The van der Waals surface area contributed by atoms with E-state index in [-0.39, 0.29) is 17.9 Å². The zero-order chi connectivity index (χ0) is 15.3. The molecular formula is C15H22O4S. The first-order valence-corrected chi connectivity index (χ1v) is 8.39. The fraction of sp³-hybridized carbons (Fsp3) is 0.533. The Balaban J connectivity index is 3.11. The first-order valence-electron chi connectivity index (χ1n) is 6.85. The van der Waals surface area contributed by atoms with E-state index < -0.39 is 21.1 Å². The predicted octanol–water partition coefficient (Wildman–Crippen LogP) is 2.93. The van der Waals surface area contributed by atoms with Crippen molar-refractivity contribution in [2.24, 2.45) is 0 Å². The van der Waals surface area contributed by atoms with Gasteiger partial charge in [-0.3, -0.25) is 4.79 Å². The maximum absolute atomic E-state index is 12.5. The van der Waals surface area contributed by atoms with Crippen molar-refractivity contribution in [3.8, 4) is 0 Å². The fourth-order valence-electron chi connectivity index (χ4n) is 1.95. The highest BCUT2D eigenvalue weighted by Crippen LogP contribution is 2.22. The Morgan fingerprint density at radius 2 is 1.70 bits per heavy atom. The summed E-state index contributed by atoms with van der Waals surface area (Å²) in [6.07, 6.45) is 0.201. The maximum Gasteiger partial charge on any atom is 0.324 e. The number of carbonyl (C=O) groups excluding carboxylic acids is 1. The van der Waals surface area contributed by atoms with Gasteiger partial charge in [0, 0.05) is 0 Å². The summed E-state index contributed by atoms with van der Waals surface area (Å²) in [4.78, 5) is 11.9. The van der Waals surface area contributed by atoms with Gasteiger partial charge in [-0.1, -0.05) is 32.9 Å². The Labute approximate surface area is 121 Å². The Morgan fingerprint density at radius 3 is 2.10 bits per heavy atom. The third kappa shape index (κ3) is 3.60. The summed E-state index contributed by atoms with van der Waals surface area (Å²) in [5.74, 6) is -0.346. The molecule has 0 fully saturated rings. The van der Waals surface area contributed by atoms with Gasteiger partial charge in [-0.25, -0.2) is 8.42 Å². The third-order valence-corrected chi connectivity index (χ3v) is 5.37. The van der Waals surface area contributed by atoms with Gasteiger partial charge in [0.25, 0.3) is 0 Å². The Morgan fingerprint density at radius 1 is 1.15 bits per heavy atom. The van der Waals surface area contributed by atoms with E-state index in [9.17, 15) is 13.2 Å². The lowest BCUT2D eigenvalue weighted by molar-refractivity contribution is -0.142. The van der Waals surface area contributed by atoms with Crippen molar-refractivity contribution in [1.29, 1.82) is 0 Å². The van der Waals surface area contributed by atoms with Crippen molar-refractivity contribution < 1.29 is 17.9 Å². The van der Waals surface area contributed by atoms with E-state index >= 15 is 0 Å². The summed E-state index contributed by atoms with van der Waals surface area (Å²) in [6.45, 7) is 7.58. The molecule has 0 aliphatic heterocycles. The van der Waals surface area contributed by atoms with E-state index in [1.165, 1.54) is 0 Å². The van der Waals surface area contributed by atoms with E-state index in [4.69, 9.17) is 4.74 Å². The summed E-state index contributed by atoms with van der Waals surface area (Å²) >= 11 is 0. The van der Waals surface area contributed by atoms with Gasteiger partial charge >= 0.3 is 5.97 Å². The summed E-state index contributed by atoms with van der Waals surface area (Å²) < 4.78 is 29.8. The van der Waals surface area contributed by atoms with Crippen molar-refractivity contribution in [3.63, 3.8) is 0 Å². The summed E-state index contributed by atoms with van der Waals surface area (Å²) in [6, 6.07) is 6.70. The number of esters is 1. The molecule has 0 spiro atoms. The topological polar surface area (TPSA) is 60.4 Å². The van der Waals surface area contributed by atoms with Crippen LogP contribution in [0, 0.1) is 0 Å². The highest BCUT2D eigenvalue weighted by Gasteiger charge is 2.33. The molecule has 0 radical (unpaired) electrons. The molecule has 0 aromatic heterocycles. The van der Waals surface area contributed by atoms with Crippen LogP contribution in [-0.4, -0.2) is 26.2 Å². The third-order valence-electron chi connectivity index (χ3n) is 3.17. The van der Waals surface area contributed by atoms with Gasteiger partial charge in [0.05, 0.1) is 11.5 Å². The Bertz CT molecular complexity index is 544. The first-order chi connectivity index (χ1) is 9.34. The number of sulfone groups is 1. The van der Waals surface area contributed by atoms with Crippen molar-refractivity contribution in [3.05, 3.63) is 29.8 Å². The first kappa shape index (κ1) is 16.7. The molecule has 4 nitrogen and oxygen atoms in total. The predicted molar refractivity (Wildman–Crippen MR) is 78.4 cm³/mol. The Hall–Kier alpha value is -1.36. The van der Waals surface area contributed by atoms with E-state index in [0.29, 0.717) is 5.92 Å². The zero-order valence-electron chi connectivity index (χ0n) is 12.4. The largest absolute Gasteiger partial charge is 0.465 e. The minimum absolute atomic E-state index is 0.168. The average Bonchev–Trinajstić information content (AvgIpc) is 2.39. The van der Waals surface area contributed by atoms with Crippen LogP contribution in [-0.2, 0) is 19.4 Å². The minimum Gasteiger partial charge on any atom is -0.465 e. The van der Waals surface area contributed by atoms with Crippen molar-refractivity contribution in [2.75, 3.05) is 6.61 Å². The highest BCUT2D eigenvalue weighted by molar-refractivity contribution is 7.92. The number of hydrogen-bond donors (Lipinski definition) is 0. The standard InChI is InChI=1S/C15H22O4S/c1-5-14(15(16)19-6-2)20(17,18)13-9-7-12(8-10-13)11(3)4/h7-11,14H,5-6H2,1-4H3. The lowest BCUT2D eigenvalue weighted by Gasteiger charge is -2.15. The van der Waals surface area contributed by atoms with Crippen LogP contribution in [0.25, 0.3) is 0 Å². The number of rotatable bonds is 6.